The third-order valence-corrected chi connectivity index (χ3v) is 5.86. The number of hydrogen-bond acceptors (Lipinski definition) is 6. The molecule has 2 aromatic rings. The average molecular weight is 364 g/mol. The largest absolute Gasteiger partial charge is 0.328 e. The van der Waals surface area contributed by atoms with Crippen molar-refractivity contribution in [1.29, 1.82) is 0 Å². The molecular weight excluding hydrogens is 344 g/mol. The molecule has 0 spiro atoms. The van der Waals surface area contributed by atoms with Gasteiger partial charge in [0.15, 0.2) is 5.82 Å². The SMILES string of the molecule is Cc1c(C(=O)N=S(C)(=O)CC2CC(N)C2)cnn1-c1ccc(=O)[nH]n1. The van der Waals surface area contributed by atoms with E-state index in [-0.39, 0.29) is 23.1 Å². The summed E-state index contributed by atoms with van der Waals surface area (Å²) in [5, 5.41) is 10.3. The topological polar surface area (TPSA) is 136 Å². The van der Waals surface area contributed by atoms with Gasteiger partial charge in [0.05, 0.1) is 27.2 Å². The van der Waals surface area contributed by atoms with Gasteiger partial charge in [0, 0.05) is 24.1 Å². The van der Waals surface area contributed by atoms with Crippen LogP contribution in [0.2, 0.25) is 0 Å². The van der Waals surface area contributed by atoms with Crippen LogP contribution in [0.5, 0.6) is 0 Å². The van der Waals surface area contributed by atoms with Gasteiger partial charge in [-0.3, -0.25) is 9.59 Å². The van der Waals surface area contributed by atoms with Crippen LogP contribution >= 0.6 is 0 Å². The maximum atomic E-state index is 12.6. The Kier molecular flexibility index (Phi) is 4.56. The Morgan fingerprint density at radius 3 is 2.80 bits per heavy atom. The number of H-pyrrole nitrogens is 1. The number of rotatable bonds is 4. The van der Waals surface area contributed by atoms with Gasteiger partial charge in [0.2, 0.25) is 0 Å². The number of amides is 1. The van der Waals surface area contributed by atoms with E-state index in [1.54, 1.807) is 6.92 Å². The van der Waals surface area contributed by atoms with Crippen LogP contribution in [0.4, 0.5) is 0 Å². The molecule has 1 saturated carbocycles. The van der Waals surface area contributed by atoms with E-state index < -0.39 is 15.6 Å². The van der Waals surface area contributed by atoms with Crippen LogP contribution in [0.3, 0.4) is 0 Å². The second-order valence-corrected chi connectivity index (χ2v) is 8.89. The van der Waals surface area contributed by atoms with Gasteiger partial charge < -0.3 is 5.73 Å². The molecule has 9 nitrogen and oxygen atoms in total. The maximum Gasteiger partial charge on any atom is 0.288 e. The molecule has 1 fully saturated rings. The van der Waals surface area contributed by atoms with Crippen molar-refractivity contribution in [3.63, 3.8) is 0 Å². The Balaban J connectivity index is 1.83. The standard InChI is InChI=1S/C15H20N6O3S/c1-9-12(7-17-21(9)13-3-4-14(22)19-18-13)15(23)20-25(2,24)8-10-5-11(16)6-10/h3-4,7,10-11H,5-6,8,16H2,1-2H3,(H,19,22). The number of aromatic amines is 1. The van der Waals surface area contributed by atoms with Crippen molar-refractivity contribution < 1.29 is 9.00 Å². The fourth-order valence-electron chi connectivity index (χ4n) is 2.93. The lowest BCUT2D eigenvalue weighted by Crippen LogP contribution is -2.39. The molecule has 3 rings (SSSR count). The van der Waals surface area contributed by atoms with Crippen molar-refractivity contribution >= 4 is 15.6 Å². The lowest BCUT2D eigenvalue weighted by molar-refractivity contribution is 0.100. The zero-order chi connectivity index (χ0) is 18.2. The molecule has 2 heterocycles. The summed E-state index contributed by atoms with van der Waals surface area (Å²) in [4.78, 5) is 23.5. The van der Waals surface area contributed by atoms with Crippen molar-refractivity contribution in [1.82, 2.24) is 20.0 Å². The van der Waals surface area contributed by atoms with Crippen LogP contribution in [0.25, 0.3) is 5.82 Å². The zero-order valence-electron chi connectivity index (χ0n) is 14.0. The van der Waals surface area contributed by atoms with Crippen LogP contribution in [-0.4, -0.2) is 48.1 Å². The minimum absolute atomic E-state index is 0.168. The molecule has 0 aromatic carbocycles. The predicted molar refractivity (Wildman–Crippen MR) is 93.1 cm³/mol. The molecule has 134 valence electrons. The average Bonchev–Trinajstić information content (AvgIpc) is 2.87. The molecule has 0 radical (unpaired) electrons. The van der Waals surface area contributed by atoms with Gasteiger partial charge in [-0.15, -0.1) is 0 Å². The van der Waals surface area contributed by atoms with E-state index in [1.165, 1.54) is 29.3 Å². The van der Waals surface area contributed by atoms with Crippen LogP contribution in [0.1, 0.15) is 28.9 Å². The van der Waals surface area contributed by atoms with E-state index in [9.17, 15) is 13.8 Å². The highest BCUT2D eigenvalue weighted by Gasteiger charge is 2.28. The van der Waals surface area contributed by atoms with Gasteiger partial charge in [-0.1, -0.05) is 0 Å². The van der Waals surface area contributed by atoms with Gasteiger partial charge >= 0.3 is 0 Å². The summed E-state index contributed by atoms with van der Waals surface area (Å²) in [7, 11) is -2.62. The first-order chi connectivity index (χ1) is 11.7. The van der Waals surface area contributed by atoms with E-state index in [2.05, 4.69) is 19.7 Å². The van der Waals surface area contributed by atoms with Crippen molar-refractivity contribution in [2.45, 2.75) is 25.8 Å². The Hall–Kier alpha value is -2.33. The predicted octanol–water partition coefficient (Wildman–Crippen LogP) is 0.239. The Bertz CT molecular complexity index is 959. The zero-order valence-corrected chi connectivity index (χ0v) is 14.8. The van der Waals surface area contributed by atoms with Crippen molar-refractivity contribution in [2.75, 3.05) is 12.0 Å². The second-order valence-electron chi connectivity index (χ2n) is 6.45. The Morgan fingerprint density at radius 1 is 1.48 bits per heavy atom. The molecule has 25 heavy (non-hydrogen) atoms. The highest BCUT2D eigenvalue weighted by molar-refractivity contribution is 7.93. The van der Waals surface area contributed by atoms with Crippen molar-refractivity contribution in [2.24, 2.45) is 16.0 Å². The normalized spacial score (nSPS) is 22.0. The third-order valence-electron chi connectivity index (χ3n) is 4.21. The molecule has 1 aliphatic rings. The summed E-state index contributed by atoms with van der Waals surface area (Å²) in [6, 6.07) is 2.98. The number of hydrogen-bond donors (Lipinski definition) is 2. The van der Waals surface area contributed by atoms with Gasteiger partial charge in [0.25, 0.3) is 11.5 Å². The number of carbonyl (C=O) groups is 1. The molecule has 3 N–H and O–H groups in total. The fraction of sp³-hybridized carbons (Fsp3) is 0.467. The molecule has 1 atom stereocenters. The monoisotopic (exact) mass is 364 g/mol. The molecule has 1 aliphatic carbocycles. The quantitative estimate of drug-likeness (QED) is 0.797. The molecule has 2 aromatic heterocycles. The number of nitrogens with one attached hydrogen (secondary N) is 1. The minimum atomic E-state index is -2.62. The molecule has 0 bridgehead atoms. The van der Waals surface area contributed by atoms with E-state index in [4.69, 9.17) is 5.73 Å². The third kappa shape index (κ3) is 3.85. The van der Waals surface area contributed by atoms with E-state index in [1.807, 2.05) is 0 Å². The van der Waals surface area contributed by atoms with Crippen LogP contribution in [-0.2, 0) is 9.73 Å². The first-order valence-corrected chi connectivity index (χ1v) is 9.95. The first-order valence-electron chi connectivity index (χ1n) is 7.85. The summed E-state index contributed by atoms with van der Waals surface area (Å²) in [5.74, 6) is 0.445. The second kappa shape index (κ2) is 6.52. The lowest BCUT2D eigenvalue weighted by atomic mass is 9.82. The number of carbonyl (C=O) groups excluding carboxylic acids is 1. The molecule has 0 aliphatic heterocycles. The Labute approximate surface area is 144 Å². The smallest absolute Gasteiger partial charge is 0.288 e. The van der Waals surface area contributed by atoms with E-state index >= 15 is 0 Å². The Morgan fingerprint density at radius 2 is 2.20 bits per heavy atom. The van der Waals surface area contributed by atoms with Crippen LogP contribution in [0, 0.1) is 12.8 Å². The highest BCUT2D eigenvalue weighted by Crippen LogP contribution is 2.27. The summed E-state index contributed by atoms with van der Waals surface area (Å²) < 4.78 is 17.9. The molecule has 1 unspecified atom stereocenters. The minimum Gasteiger partial charge on any atom is -0.328 e. The van der Waals surface area contributed by atoms with Crippen LogP contribution in [0.15, 0.2) is 27.5 Å². The lowest BCUT2D eigenvalue weighted by Gasteiger charge is -2.32. The summed E-state index contributed by atoms with van der Waals surface area (Å²) in [6.07, 6.45) is 4.51. The molecular formula is C15H20N6O3S. The summed E-state index contributed by atoms with van der Waals surface area (Å²) in [5.41, 5.74) is 6.17. The van der Waals surface area contributed by atoms with E-state index in [0.717, 1.165) is 12.8 Å². The number of nitrogens with two attached hydrogens (primary N) is 1. The fourth-order valence-corrected chi connectivity index (χ4v) is 4.60. The molecule has 0 saturated heterocycles. The van der Waals surface area contributed by atoms with E-state index in [0.29, 0.717) is 17.3 Å². The first kappa shape index (κ1) is 17.5. The number of aromatic nitrogens is 4. The number of nitrogens with zero attached hydrogens (tertiary/aromatic N) is 4. The van der Waals surface area contributed by atoms with Crippen molar-refractivity contribution in [3.05, 3.63) is 39.9 Å². The molecule has 10 heteroatoms. The summed E-state index contributed by atoms with van der Waals surface area (Å²) in [6.45, 7) is 1.69. The van der Waals surface area contributed by atoms with Gasteiger partial charge in [-0.25, -0.2) is 14.0 Å². The summed E-state index contributed by atoms with van der Waals surface area (Å²) >= 11 is 0. The van der Waals surface area contributed by atoms with Gasteiger partial charge in [-0.2, -0.15) is 14.6 Å². The highest BCUT2D eigenvalue weighted by atomic mass is 32.2. The maximum absolute atomic E-state index is 12.6. The van der Waals surface area contributed by atoms with Crippen LogP contribution < -0.4 is 11.3 Å². The van der Waals surface area contributed by atoms with Gasteiger partial charge in [-0.05, 0) is 31.7 Å². The molecule has 1 amide bonds. The van der Waals surface area contributed by atoms with Crippen molar-refractivity contribution in [3.8, 4) is 5.82 Å². The van der Waals surface area contributed by atoms with Gasteiger partial charge in [0.1, 0.15) is 0 Å².